The highest BCUT2D eigenvalue weighted by atomic mass is 19.1. The van der Waals surface area contributed by atoms with Crippen LogP contribution >= 0.6 is 0 Å². The van der Waals surface area contributed by atoms with Crippen LogP contribution in [-0.2, 0) is 9.53 Å². The van der Waals surface area contributed by atoms with Crippen molar-refractivity contribution in [1.82, 2.24) is 16.0 Å². The van der Waals surface area contributed by atoms with E-state index in [0.29, 0.717) is 23.7 Å². The number of halogens is 2. The Balaban J connectivity index is 1.41. The van der Waals surface area contributed by atoms with Crippen LogP contribution in [0.3, 0.4) is 0 Å². The number of ether oxygens (including phenoxy) is 1. The number of amides is 2. The monoisotopic (exact) mass is 457 g/mol. The van der Waals surface area contributed by atoms with Crippen molar-refractivity contribution in [1.29, 1.82) is 0 Å². The molecule has 0 spiro atoms. The molecule has 6 N–H and O–H groups in total. The molecular formula is C23H25F2N5O3. The molecule has 0 aliphatic carbocycles. The topological polar surface area (TPSA) is 118 Å². The van der Waals surface area contributed by atoms with E-state index < -0.39 is 23.8 Å². The molecule has 0 aromatic heterocycles. The molecule has 174 valence electrons. The summed E-state index contributed by atoms with van der Waals surface area (Å²) in [6, 6.07) is 9.93. The quantitative estimate of drug-likeness (QED) is 0.435. The Bertz CT molecular complexity index is 1050. The lowest BCUT2D eigenvalue weighted by molar-refractivity contribution is -0.114. The zero-order chi connectivity index (χ0) is 23.4. The average Bonchev–Trinajstić information content (AvgIpc) is 3.22. The zero-order valence-corrected chi connectivity index (χ0v) is 17.8. The summed E-state index contributed by atoms with van der Waals surface area (Å²) < 4.78 is 33.8. The lowest BCUT2D eigenvalue weighted by Gasteiger charge is -2.22. The summed E-state index contributed by atoms with van der Waals surface area (Å²) in [5.41, 5.74) is 5.86. The molecule has 1 unspecified atom stereocenters. The summed E-state index contributed by atoms with van der Waals surface area (Å²) >= 11 is 0. The van der Waals surface area contributed by atoms with Crippen LogP contribution < -0.4 is 27.0 Å². The van der Waals surface area contributed by atoms with Crippen LogP contribution in [0, 0.1) is 17.6 Å². The van der Waals surface area contributed by atoms with Gasteiger partial charge in [0.05, 0.1) is 5.56 Å². The number of nitrogens with two attached hydrogens (primary N) is 1. The molecule has 2 aliphatic heterocycles. The molecule has 2 heterocycles. The van der Waals surface area contributed by atoms with E-state index in [9.17, 15) is 18.4 Å². The lowest BCUT2D eigenvalue weighted by Crippen LogP contribution is -2.35. The van der Waals surface area contributed by atoms with Gasteiger partial charge in [-0.2, -0.15) is 0 Å². The first-order chi connectivity index (χ1) is 15.9. The molecule has 2 aromatic rings. The molecule has 0 radical (unpaired) electrons. The number of hydrogen-bond donors (Lipinski definition) is 5. The van der Waals surface area contributed by atoms with Crippen molar-refractivity contribution < 1.29 is 23.1 Å². The van der Waals surface area contributed by atoms with Gasteiger partial charge in [-0.25, -0.2) is 8.78 Å². The number of benzene rings is 2. The van der Waals surface area contributed by atoms with Gasteiger partial charge in [-0.05, 0) is 68.2 Å². The van der Waals surface area contributed by atoms with Crippen molar-refractivity contribution in [2.75, 3.05) is 25.0 Å². The molecule has 2 aliphatic rings. The normalized spacial score (nSPS) is 18.4. The first-order valence-corrected chi connectivity index (χ1v) is 10.7. The van der Waals surface area contributed by atoms with E-state index in [1.54, 1.807) is 24.3 Å². The molecule has 2 aromatic carbocycles. The molecule has 0 bridgehead atoms. The van der Waals surface area contributed by atoms with Gasteiger partial charge in [-0.3, -0.25) is 9.59 Å². The van der Waals surface area contributed by atoms with E-state index in [2.05, 4.69) is 21.3 Å². The summed E-state index contributed by atoms with van der Waals surface area (Å²) in [5, 5.41) is 11.7. The van der Waals surface area contributed by atoms with Gasteiger partial charge in [0.1, 0.15) is 11.6 Å². The number of anilines is 1. The van der Waals surface area contributed by atoms with Gasteiger partial charge in [-0.15, -0.1) is 0 Å². The van der Waals surface area contributed by atoms with E-state index in [0.717, 1.165) is 38.1 Å². The largest absolute Gasteiger partial charge is 0.449 e. The number of hydrogen-bond acceptors (Lipinski definition) is 6. The average molecular weight is 457 g/mol. The van der Waals surface area contributed by atoms with Crippen molar-refractivity contribution in [3.05, 3.63) is 76.8 Å². The number of primary amides is 1. The molecule has 8 nitrogen and oxygen atoms in total. The summed E-state index contributed by atoms with van der Waals surface area (Å²) in [6.07, 6.45) is 0.801. The Hall–Kier alpha value is -3.66. The van der Waals surface area contributed by atoms with Crippen LogP contribution in [0.15, 0.2) is 54.0 Å². The molecule has 4 rings (SSSR count). The molecular weight excluding hydrogens is 432 g/mol. The second-order valence-corrected chi connectivity index (χ2v) is 7.95. The van der Waals surface area contributed by atoms with Gasteiger partial charge in [0.2, 0.25) is 12.1 Å². The zero-order valence-electron chi connectivity index (χ0n) is 17.8. The summed E-state index contributed by atoms with van der Waals surface area (Å²) in [5.74, 6) is -2.28. The second kappa shape index (κ2) is 9.86. The van der Waals surface area contributed by atoms with E-state index in [-0.39, 0.29) is 23.1 Å². The minimum absolute atomic E-state index is 0.0711. The van der Waals surface area contributed by atoms with Crippen LogP contribution in [0.5, 0.6) is 0 Å². The predicted molar refractivity (Wildman–Crippen MR) is 118 cm³/mol. The predicted octanol–water partition coefficient (Wildman–Crippen LogP) is 2.08. The van der Waals surface area contributed by atoms with Crippen molar-refractivity contribution >= 4 is 17.5 Å². The van der Waals surface area contributed by atoms with E-state index >= 15 is 0 Å². The number of piperidine rings is 1. The molecule has 1 saturated heterocycles. The molecule has 1 atom stereocenters. The SMILES string of the molecule is NC(=O)C1=C(Nc2ccc(C(=O)NCC3CCNCC3)cc2)OC(c2c(F)cccc2F)N1. The van der Waals surface area contributed by atoms with Gasteiger partial charge in [0.25, 0.3) is 11.8 Å². The third-order valence-electron chi connectivity index (χ3n) is 5.66. The Morgan fingerprint density at radius 2 is 1.73 bits per heavy atom. The Morgan fingerprint density at radius 3 is 2.36 bits per heavy atom. The van der Waals surface area contributed by atoms with Gasteiger partial charge in [-0.1, -0.05) is 6.07 Å². The lowest BCUT2D eigenvalue weighted by atomic mass is 9.98. The number of carbonyl (C=O) groups excluding carboxylic acids is 2. The number of nitrogens with one attached hydrogen (secondary N) is 4. The minimum Gasteiger partial charge on any atom is -0.449 e. The van der Waals surface area contributed by atoms with Gasteiger partial charge >= 0.3 is 0 Å². The van der Waals surface area contributed by atoms with Crippen molar-refractivity contribution in [2.45, 2.75) is 19.1 Å². The highest BCUT2D eigenvalue weighted by Crippen LogP contribution is 2.31. The van der Waals surface area contributed by atoms with Crippen LogP contribution in [0.25, 0.3) is 0 Å². The minimum atomic E-state index is -1.27. The Kier molecular flexibility index (Phi) is 6.74. The van der Waals surface area contributed by atoms with Gasteiger partial charge < -0.3 is 31.7 Å². The third kappa shape index (κ3) is 5.23. The highest BCUT2D eigenvalue weighted by molar-refractivity contribution is 5.95. The fourth-order valence-electron chi connectivity index (χ4n) is 3.83. The first kappa shape index (κ1) is 22.5. The summed E-state index contributed by atoms with van der Waals surface area (Å²) in [4.78, 5) is 24.3. The van der Waals surface area contributed by atoms with E-state index in [1.165, 1.54) is 6.07 Å². The second-order valence-electron chi connectivity index (χ2n) is 7.95. The number of carbonyl (C=O) groups is 2. The molecule has 10 heteroatoms. The van der Waals surface area contributed by atoms with E-state index in [4.69, 9.17) is 10.5 Å². The molecule has 2 amide bonds. The molecule has 33 heavy (non-hydrogen) atoms. The first-order valence-electron chi connectivity index (χ1n) is 10.7. The van der Waals surface area contributed by atoms with Crippen LogP contribution in [0.2, 0.25) is 0 Å². The smallest absolute Gasteiger partial charge is 0.270 e. The van der Waals surface area contributed by atoms with Crippen molar-refractivity contribution in [2.24, 2.45) is 11.7 Å². The maximum absolute atomic E-state index is 14.1. The summed E-state index contributed by atoms with van der Waals surface area (Å²) in [7, 11) is 0. The third-order valence-corrected chi connectivity index (χ3v) is 5.66. The highest BCUT2D eigenvalue weighted by Gasteiger charge is 2.33. The fraction of sp³-hybridized carbons (Fsp3) is 0.304. The van der Waals surface area contributed by atoms with Gasteiger partial charge in [0, 0.05) is 17.8 Å². The Labute approximate surface area is 189 Å². The van der Waals surface area contributed by atoms with E-state index in [1.807, 2.05) is 0 Å². The maximum atomic E-state index is 14.1. The number of rotatable bonds is 7. The Morgan fingerprint density at radius 1 is 1.06 bits per heavy atom. The summed E-state index contributed by atoms with van der Waals surface area (Å²) in [6.45, 7) is 2.56. The van der Waals surface area contributed by atoms with Crippen molar-refractivity contribution in [3.63, 3.8) is 0 Å². The molecule has 1 fully saturated rings. The maximum Gasteiger partial charge on any atom is 0.270 e. The van der Waals surface area contributed by atoms with Gasteiger partial charge in [0.15, 0.2) is 5.70 Å². The molecule has 0 saturated carbocycles. The van der Waals surface area contributed by atoms with Crippen LogP contribution in [0.1, 0.15) is 35.0 Å². The van der Waals surface area contributed by atoms with Crippen LogP contribution in [-0.4, -0.2) is 31.4 Å². The fourth-order valence-corrected chi connectivity index (χ4v) is 3.83. The standard InChI is InChI=1S/C23H25F2N5O3/c24-16-2-1-3-17(25)18(16)22-30-19(20(26)31)23(33-22)29-15-6-4-14(5-7-15)21(32)28-12-13-8-10-27-11-9-13/h1-7,13,22,27,29-30H,8-12H2,(H2,26,31)(H,28,32). The van der Waals surface area contributed by atoms with Crippen LogP contribution in [0.4, 0.5) is 14.5 Å². The van der Waals surface area contributed by atoms with Crippen molar-refractivity contribution in [3.8, 4) is 0 Å².